The number of amides is 1. The number of carbonyl (C=O) groups excluding carboxylic acids is 1. The van der Waals surface area contributed by atoms with E-state index in [1.54, 1.807) is 18.6 Å². The lowest BCUT2D eigenvalue weighted by Crippen LogP contribution is -2.58. The molecule has 0 aromatic carbocycles. The summed E-state index contributed by atoms with van der Waals surface area (Å²) in [6, 6.07) is 0.135. The van der Waals surface area contributed by atoms with E-state index in [1.165, 1.54) is 11.1 Å². The van der Waals surface area contributed by atoms with Gasteiger partial charge in [0.2, 0.25) is 5.91 Å². The molecule has 168 valence electrons. The van der Waals surface area contributed by atoms with Gasteiger partial charge in [-0.05, 0) is 70.5 Å². The van der Waals surface area contributed by atoms with E-state index in [0.717, 1.165) is 17.9 Å². The highest BCUT2D eigenvalue weighted by Gasteiger charge is 2.56. The number of hydrogen-bond acceptors (Lipinski definition) is 6. The first-order chi connectivity index (χ1) is 14.7. The molecule has 0 radical (unpaired) electrons. The van der Waals surface area contributed by atoms with Gasteiger partial charge in [0.15, 0.2) is 0 Å². The predicted molar refractivity (Wildman–Crippen MR) is 124 cm³/mol. The molecule has 5 rings (SSSR count). The normalized spacial score (nSPS) is 29.0. The fraction of sp³-hybridized carbons (Fsp3) is 0.591. The van der Waals surface area contributed by atoms with Crippen LogP contribution in [-0.4, -0.2) is 27.8 Å². The fourth-order valence-corrected chi connectivity index (χ4v) is 5.77. The van der Waals surface area contributed by atoms with E-state index in [-0.39, 0.29) is 24.1 Å². The Labute approximate surface area is 191 Å². The lowest BCUT2D eigenvalue weighted by Gasteiger charge is -2.62. The van der Waals surface area contributed by atoms with Gasteiger partial charge in [-0.15, -0.1) is 0 Å². The number of anilines is 1. The number of rotatable bonds is 6. The fourth-order valence-electron chi connectivity index (χ4n) is 5.35. The van der Waals surface area contributed by atoms with Crippen molar-refractivity contribution in [3.05, 3.63) is 45.1 Å². The number of halogens is 1. The molecule has 31 heavy (non-hydrogen) atoms. The molecule has 0 spiro atoms. The topological polar surface area (TPSA) is 100 Å². The zero-order valence-electron chi connectivity index (χ0n) is 18.4. The van der Waals surface area contributed by atoms with Crippen molar-refractivity contribution in [3.63, 3.8) is 0 Å². The first kappa shape index (κ1) is 21.9. The maximum atomic E-state index is 12.8. The second-order valence-electron chi connectivity index (χ2n) is 9.60. The third kappa shape index (κ3) is 4.12. The van der Waals surface area contributed by atoms with Gasteiger partial charge in [0, 0.05) is 18.4 Å². The summed E-state index contributed by atoms with van der Waals surface area (Å²) >= 11 is 3.43. The van der Waals surface area contributed by atoms with Gasteiger partial charge in [0.05, 0.1) is 17.9 Å². The minimum Gasteiger partial charge on any atom is -0.380 e. The van der Waals surface area contributed by atoms with Gasteiger partial charge >= 0.3 is 0 Å². The molecule has 2 heterocycles. The van der Waals surface area contributed by atoms with Crippen molar-refractivity contribution in [1.82, 2.24) is 25.9 Å². The zero-order valence-corrected chi connectivity index (χ0v) is 20.0. The Balaban J connectivity index is 1.40. The number of aromatic nitrogens is 2. The Morgan fingerprint density at radius 1 is 1.39 bits per heavy atom. The molecule has 1 amide bonds. The molecule has 1 aliphatic heterocycles. The van der Waals surface area contributed by atoms with Crippen LogP contribution in [0.3, 0.4) is 0 Å². The molecule has 3 aliphatic carbocycles. The first-order valence-corrected chi connectivity index (χ1v) is 11.7. The molecule has 1 aromatic rings. The number of hydrazine groups is 1. The molecule has 8 nitrogen and oxygen atoms in total. The smallest absolute Gasteiger partial charge is 0.283 e. The van der Waals surface area contributed by atoms with Crippen LogP contribution >= 0.6 is 15.9 Å². The van der Waals surface area contributed by atoms with Crippen LogP contribution in [-0.2, 0) is 11.3 Å². The predicted octanol–water partition coefficient (Wildman–Crippen LogP) is 2.50. The molecule has 5 atom stereocenters. The molecular formula is C22H31BrN6O2. The number of hydrogen-bond donors (Lipinski definition) is 4. The minimum absolute atomic E-state index is 0.136. The molecule has 4 N–H and O–H groups in total. The molecule has 4 aliphatic rings. The van der Waals surface area contributed by atoms with E-state index >= 15 is 0 Å². The van der Waals surface area contributed by atoms with Crippen molar-refractivity contribution in [2.75, 3.05) is 5.32 Å². The third-order valence-electron chi connectivity index (χ3n) is 7.53. The van der Waals surface area contributed by atoms with Crippen molar-refractivity contribution in [1.29, 1.82) is 0 Å². The summed E-state index contributed by atoms with van der Waals surface area (Å²) < 4.78 is 1.61. The van der Waals surface area contributed by atoms with E-state index in [9.17, 15) is 9.59 Å². The van der Waals surface area contributed by atoms with Crippen molar-refractivity contribution in [2.24, 2.45) is 23.2 Å². The summed E-state index contributed by atoms with van der Waals surface area (Å²) in [5, 5.41) is 10.7. The molecule has 1 unspecified atom stereocenters. The number of fused-ring (bicyclic) bond motifs is 2. The summed E-state index contributed by atoms with van der Waals surface area (Å²) in [4.78, 5) is 25.3. The van der Waals surface area contributed by atoms with Crippen molar-refractivity contribution in [3.8, 4) is 0 Å². The Morgan fingerprint density at radius 3 is 2.81 bits per heavy atom. The largest absolute Gasteiger partial charge is 0.380 e. The molecular weight excluding hydrogens is 460 g/mol. The number of nitrogens with zero attached hydrogens (tertiary/aromatic N) is 2. The van der Waals surface area contributed by atoms with Crippen LogP contribution in [0.4, 0.5) is 5.69 Å². The van der Waals surface area contributed by atoms with Gasteiger partial charge in [0.1, 0.15) is 11.0 Å². The maximum Gasteiger partial charge on any atom is 0.283 e. The van der Waals surface area contributed by atoms with Gasteiger partial charge in [-0.25, -0.2) is 4.68 Å². The highest BCUT2D eigenvalue weighted by Crippen LogP contribution is 2.61. The van der Waals surface area contributed by atoms with Crippen LogP contribution in [0, 0.1) is 23.2 Å². The Kier molecular flexibility index (Phi) is 5.89. The molecule has 3 fully saturated rings. The summed E-state index contributed by atoms with van der Waals surface area (Å²) in [6.07, 6.45) is 9.46. The second-order valence-corrected chi connectivity index (χ2v) is 10.4. The monoisotopic (exact) mass is 490 g/mol. The van der Waals surface area contributed by atoms with Crippen LogP contribution < -0.4 is 27.0 Å². The van der Waals surface area contributed by atoms with E-state index in [0.29, 0.717) is 33.5 Å². The summed E-state index contributed by atoms with van der Waals surface area (Å²) in [7, 11) is 0. The molecule has 9 heteroatoms. The average molecular weight is 491 g/mol. The lowest BCUT2D eigenvalue weighted by molar-refractivity contribution is -0.122. The number of carbonyl (C=O) groups is 1. The van der Waals surface area contributed by atoms with Crippen molar-refractivity contribution in [2.45, 2.75) is 59.2 Å². The van der Waals surface area contributed by atoms with Gasteiger partial charge in [-0.2, -0.15) is 5.10 Å². The SMILES string of the molecule is CC(NC(=O)Cn1ncc(N[C@@H]2C[C@H]3C[C@@H]([C@H]2C)C3(C)C)c(Br)c1=O)C1=CNNC=C1. The quantitative estimate of drug-likeness (QED) is 0.488. The van der Waals surface area contributed by atoms with E-state index < -0.39 is 0 Å². The lowest BCUT2D eigenvalue weighted by atomic mass is 9.45. The summed E-state index contributed by atoms with van der Waals surface area (Å²) in [5.41, 5.74) is 7.43. The molecule has 3 saturated carbocycles. The van der Waals surface area contributed by atoms with Crippen LogP contribution in [0.25, 0.3) is 0 Å². The maximum absolute atomic E-state index is 12.8. The van der Waals surface area contributed by atoms with Crippen molar-refractivity contribution >= 4 is 27.5 Å². The standard InChI is InChI=1S/C22H31BrN6O2/c1-12-16-7-15(22(16,3)4)8-17(12)28-18-10-26-29(21(31)20(18)23)11-19(30)27-13(2)14-5-6-24-25-9-14/h5-6,9-10,12-13,15-17,24-25,28H,7-8,11H2,1-4H3,(H,27,30)/t12-,13?,15-,16+,17-/m1/s1. The summed E-state index contributed by atoms with van der Waals surface area (Å²) in [5.74, 6) is 1.70. The van der Waals surface area contributed by atoms with E-state index in [2.05, 4.69) is 63.3 Å². The Morgan fingerprint density at radius 2 is 2.16 bits per heavy atom. The van der Waals surface area contributed by atoms with Gasteiger partial charge in [0.25, 0.3) is 5.56 Å². The summed E-state index contributed by atoms with van der Waals surface area (Å²) in [6.45, 7) is 8.80. The zero-order chi connectivity index (χ0) is 22.3. The highest BCUT2D eigenvalue weighted by atomic mass is 79.9. The highest BCUT2D eigenvalue weighted by molar-refractivity contribution is 9.10. The van der Waals surface area contributed by atoms with Crippen LogP contribution in [0.2, 0.25) is 0 Å². The molecule has 2 bridgehead atoms. The molecule has 1 aromatic heterocycles. The number of nitrogens with one attached hydrogen (secondary N) is 4. The van der Waals surface area contributed by atoms with E-state index in [1.807, 2.05) is 13.0 Å². The molecule has 0 saturated heterocycles. The van der Waals surface area contributed by atoms with Gasteiger partial charge in [-0.3, -0.25) is 9.59 Å². The van der Waals surface area contributed by atoms with Crippen LogP contribution in [0.15, 0.2) is 39.5 Å². The van der Waals surface area contributed by atoms with Crippen molar-refractivity contribution < 1.29 is 4.79 Å². The average Bonchev–Trinajstić information content (AvgIpc) is 2.74. The van der Waals surface area contributed by atoms with E-state index in [4.69, 9.17) is 0 Å². The minimum atomic E-state index is -0.315. The second kappa shape index (κ2) is 8.33. The van der Waals surface area contributed by atoms with Crippen LogP contribution in [0.5, 0.6) is 0 Å². The Hall–Kier alpha value is -2.29. The van der Waals surface area contributed by atoms with Crippen LogP contribution in [0.1, 0.15) is 40.5 Å². The third-order valence-corrected chi connectivity index (χ3v) is 8.30. The first-order valence-electron chi connectivity index (χ1n) is 10.9. The van der Waals surface area contributed by atoms with Gasteiger partial charge < -0.3 is 21.5 Å². The Bertz CT molecular complexity index is 985. The van der Waals surface area contributed by atoms with Gasteiger partial charge in [-0.1, -0.05) is 20.8 Å².